The first kappa shape index (κ1) is 11.9. The smallest absolute Gasteiger partial charge is 0.203 e. The van der Waals surface area contributed by atoms with Crippen molar-refractivity contribution in [2.45, 2.75) is 13.1 Å². The standard InChI is InChI=1S/C13H11BrN2O/c14-11-3-1-2-10(6-11)8-16-9-13-5-4-12(7-15)17-13/h1-6,16H,8-9H2. The fourth-order valence-electron chi connectivity index (χ4n) is 1.51. The van der Waals surface area contributed by atoms with Crippen LogP contribution in [0.15, 0.2) is 45.3 Å². The molecule has 86 valence electrons. The van der Waals surface area contributed by atoms with Crippen LogP contribution in [0.5, 0.6) is 0 Å². The molecule has 0 spiro atoms. The number of nitriles is 1. The zero-order valence-electron chi connectivity index (χ0n) is 9.11. The highest BCUT2D eigenvalue weighted by atomic mass is 79.9. The van der Waals surface area contributed by atoms with Gasteiger partial charge in [0.05, 0.1) is 6.54 Å². The number of nitrogens with zero attached hydrogens (tertiary/aromatic N) is 1. The molecule has 0 amide bonds. The molecule has 1 heterocycles. The van der Waals surface area contributed by atoms with Gasteiger partial charge < -0.3 is 9.73 Å². The molecular weight excluding hydrogens is 280 g/mol. The van der Waals surface area contributed by atoms with Crippen molar-refractivity contribution >= 4 is 15.9 Å². The third-order valence-electron chi connectivity index (χ3n) is 2.29. The second-order valence-corrected chi connectivity index (χ2v) is 4.53. The van der Waals surface area contributed by atoms with Gasteiger partial charge in [-0.2, -0.15) is 5.26 Å². The van der Waals surface area contributed by atoms with Crippen LogP contribution in [0, 0.1) is 11.3 Å². The number of rotatable bonds is 4. The van der Waals surface area contributed by atoms with E-state index in [4.69, 9.17) is 9.68 Å². The maximum atomic E-state index is 8.62. The topological polar surface area (TPSA) is 49.0 Å². The molecule has 0 bridgehead atoms. The Morgan fingerprint density at radius 1 is 1.24 bits per heavy atom. The minimum Gasteiger partial charge on any atom is -0.449 e. The van der Waals surface area contributed by atoms with Crippen LogP contribution in [0.1, 0.15) is 17.1 Å². The summed E-state index contributed by atoms with van der Waals surface area (Å²) in [5.74, 6) is 1.13. The molecule has 0 aliphatic heterocycles. The molecular formula is C13H11BrN2O. The van der Waals surface area contributed by atoms with Crippen LogP contribution in [0.2, 0.25) is 0 Å². The van der Waals surface area contributed by atoms with E-state index in [1.165, 1.54) is 5.56 Å². The number of hydrogen-bond acceptors (Lipinski definition) is 3. The van der Waals surface area contributed by atoms with Gasteiger partial charge in [0.15, 0.2) is 0 Å². The second-order valence-electron chi connectivity index (χ2n) is 3.61. The number of hydrogen-bond donors (Lipinski definition) is 1. The molecule has 17 heavy (non-hydrogen) atoms. The number of nitrogens with one attached hydrogen (secondary N) is 1. The van der Waals surface area contributed by atoms with Crippen molar-refractivity contribution < 1.29 is 4.42 Å². The maximum absolute atomic E-state index is 8.62. The summed E-state index contributed by atoms with van der Waals surface area (Å²) in [6.07, 6.45) is 0. The first-order chi connectivity index (χ1) is 8.28. The zero-order chi connectivity index (χ0) is 12.1. The van der Waals surface area contributed by atoms with Gasteiger partial charge in [-0.25, -0.2) is 0 Å². The van der Waals surface area contributed by atoms with Crippen molar-refractivity contribution in [1.82, 2.24) is 5.32 Å². The Morgan fingerprint density at radius 2 is 2.12 bits per heavy atom. The van der Waals surface area contributed by atoms with E-state index in [1.807, 2.05) is 24.3 Å². The van der Waals surface area contributed by atoms with Gasteiger partial charge in [-0.1, -0.05) is 28.1 Å². The van der Waals surface area contributed by atoms with E-state index in [0.717, 1.165) is 16.8 Å². The molecule has 0 aliphatic rings. The molecule has 1 aromatic heterocycles. The van der Waals surface area contributed by atoms with E-state index in [1.54, 1.807) is 6.07 Å². The minimum atomic E-state index is 0.351. The number of benzene rings is 1. The Bertz CT molecular complexity index is 542. The van der Waals surface area contributed by atoms with Crippen molar-refractivity contribution in [2.24, 2.45) is 0 Å². The maximum Gasteiger partial charge on any atom is 0.203 e. The van der Waals surface area contributed by atoms with E-state index in [2.05, 4.69) is 33.4 Å². The van der Waals surface area contributed by atoms with Crippen molar-refractivity contribution in [3.63, 3.8) is 0 Å². The van der Waals surface area contributed by atoms with Crippen LogP contribution < -0.4 is 5.32 Å². The van der Waals surface area contributed by atoms with Crippen LogP contribution in [0.25, 0.3) is 0 Å². The summed E-state index contributed by atoms with van der Waals surface area (Å²) in [5, 5.41) is 11.9. The molecule has 1 aromatic carbocycles. The molecule has 0 fully saturated rings. The van der Waals surface area contributed by atoms with Gasteiger partial charge in [0.25, 0.3) is 0 Å². The summed E-state index contributed by atoms with van der Waals surface area (Å²) in [5.41, 5.74) is 1.20. The summed E-state index contributed by atoms with van der Waals surface area (Å²) in [4.78, 5) is 0. The first-order valence-corrected chi connectivity index (χ1v) is 6.01. The molecule has 0 saturated heterocycles. The number of furan rings is 1. The molecule has 3 nitrogen and oxygen atoms in total. The zero-order valence-corrected chi connectivity index (χ0v) is 10.7. The molecule has 0 saturated carbocycles. The lowest BCUT2D eigenvalue weighted by Gasteiger charge is -2.03. The average Bonchev–Trinajstić information content (AvgIpc) is 2.77. The van der Waals surface area contributed by atoms with E-state index >= 15 is 0 Å². The molecule has 0 atom stereocenters. The fraction of sp³-hybridized carbons (Fsp3) is 0.154. The summed E-state index contributed by atoms with van der Waals surface area (Å²) in [7, 11) is 0. The Kier molecular flexibility index (Phi) is 3.97. The monoisotopic (exact) mass is 290 g/mol. The summed E-state index contributed by atoms with van der Waals surface area (Å²) in [6, 6.07) is 13.6. The lowest BCUT2D eigenvalue weighted by molar-refractivity contribution is 0.474. The minimum absolute atomic E-state index is 0.351. The molecule has 2 aromatic rings. The lowest BCUT2D eigenvalue weighted by Crippen LogP contribution is -2.11. The van der Waals surface area contributed by atoms with Gasteiger partial charge in [0, 0.05) is 11.0 Å². The molecule has 0 unspecified atom stereocenters. The predicted molar refractivity (Wildman–Crippen MR) is 68.1 cm³/mol. The Balaban J connectivity index is 1.85. The summed E-state index contributed by atoms with van der Waals surface area (Å²) >= 11 is 3.43. The highest BCUT2D eigenvalue weighted by Gasteiger charge is 2.00. The highest BCUT2D eigenvalue weighted by molar-refractivity contribution is 9.10. The van der Waals surface area contributed by atoms with Gasteiger partial charge in [0.2, 0.25) is 5.76 Å². The fourth-order valence-corrected chi connectivity index (χ4v) is 1.96. The van der Waals surface area contributed by atoms with Crippen molar-refractivity contribution in [2.75, 3.05) is 0 Å². The third-order valence-corrected chi connectivity index (χ3v) is 2.78. The normalized spacial score (nSPS) is 10.1. The largest absolute Gasteiger partial charge is 0.449 e. The van der Waals surface area contributed by atoms with Crippen LogP contribution >= 0.6 is 15.9 Å². The quantitative estimate of drug-likeness (QED) is 0.941. The van der Waals surface area contributed by atoms with E-state index in [0.29, 0.717) is 12.3 Å². The van der Waals surface area contributed by atoms with Crippen LogP contribution in [0.4, 0.5) is 0 Å². The van der Waals surface area contributed by atoms with Gasteiger partial charge >= 0.3 is 0 Å². The summed E-state index contributed by atoms with van der Waals surface area (Å²) < 4.78 is 6.33. The van der Waals surface area contributed by atoms with Gasteiger partial charge in [-0.05, 0) is 29.8 Å². The van der Waals surface area contributed by atoms with Crippen molar-refractivity contribution in [3.05, 3.63) is 58.0 Å². The van der Waals surface area contributed by atoms with Crippen LogP contribution in [0.3, 0.4) is 0 Å². The molecule has 0 radical (unpaired) electrons. The predicted octanol–water partition coefficient (Wildman–Crippen LogP) is 3.20. The van der Waals surface area contributed by atoms with Gasteiger partial charge in [-0.3, -0.25) is 0 Å². The molecule has 4 heteroatoms. The second kappa shape index (κ2) is 5.67. The van der Waals surface area contributed by atoms with Gasteiger partial charge in [0.1, 0.15) is 11.8 Å². The highest BCUT2D eigenvalue weighted by Crippen LogP contribution is 2.12. The van der Waals surface area contributed by atoms with Crippen molar-refractivity contribution in [1.29, 1.82) is 5.26 Å². The molecule has 0 aliphatic carbocycles. The molecule has 2 rings (SSSR count). The van der Waals surface area contributed by atoms with Gasteiger partial charge in [-0.15, -0.1) is 0 Å². The molecule has 1 N–H and O–H groups in total. The van der Waals surface area contributed by atoms with Crippen LogP contribution in [-0.4, -0.2) is 0 Å². The van der Waals surface area contributed by atoms with E-state index in [-0.39, 0.29) is 0 Å². The lowest BCUT2D eigenvalue weighted by atomic mass is 10.2. The Morgan fingerprint density at radius 3 is 2.82 bits per heavy atom. The van der Waals surface area contributed by atoms with E-state index in [9.17, 15) is 0 Å². The Hall–Kier alpha value is -1.57. The SMILES string of the molecule is N#Cc1ccc(CNCc2cccc(Br)c2)o1. The first-order valence-electron chi connectivity index (χ1n) is 5.22. The van der Waals surface area contributed by atoms with E-state index < -0.39 is 0 Å². The summed E-state index contributed by atoms with van der Waals surface area (Å²) in [6.45, 7) is 1.39. The Labute approximate surface area is 108 Å². The van der Waals surface area contributed by atoms with Crippen LogP contribution in [-0.2, 0) is 13.1 Å². The number of halogens is 1. The third kappa shape index (κ3) is 3.45. The average molecular weight is 291 g/mol. The van der Waals surface area contributed by atoms with Crippen molar-refractivity contribution in [3.8, 4) is 6.07 Å².